The fourth-order valence-corrected chi connectivity index (χ4v) is 2.03. The van der Waals surface area contributed by atoms with Gasteiger partial charge in [-0.25, -0.2) is 0 Å². The lowest BCUT2D eigenvalue weighted by Crippen LogP contribution is -2.12. The Balaban J connectivity index is 2.24. The lowest BCUT2D eigenvalue weighted by molar-refractivity contribution is 0.102. The largest absolute Gasteiger partial charge is 0.494 e. The summed E-state index contributed by atoms with van der Waals surface area (Å²) in [5, 5.41) is 2.79. The first kappa shape index (κ1) is 13.4. The first-order valence-electron chi connectivity index (χ1n) is 5.60. The molecule has 2 rings (SSSR count). The Labute approximate surface area is 119 Å². The molecule has 0 spiro atoms. The van der Waals surface area contributed by atoms with Crippen LogP contribution in [-0.4, -0.2) is 13.0 Å². The number of nitrogens with one attached hydrogen (secondary N) is 1. The topological polar surface area (TPSA) is 64.3 Å². The molecule has 0 aliphatic heterocycles. The summed E-state index contributed by atoms with van der Waals surface area (Å²) in [6.45, 7) is 0. The second-order valence-electron chi connectivity index (χ2n) is 3.92. The van der Waals surface area contributed by atoms with Crippen molar-refractivity contribution in [1.82, 2.24) is 0 Å². The zero-order valence-corrected chi connectivity index (χ0v) is 11.9. The van der Waals surface area contributed by atoms with Crippen LogP contribution in [0.25, 0.3) is 0 Å². The quantitative estimate of drug-likeness (QED) is 0.853. The van der Waals surface area contributed by atoms with E-state index < -0.39 is 0 Å². The van der Waals surface area contributed by atoms with Crippen molar-refractivity contribution >= 4 is 33.2 Å². The van der Waals surface area contributed by atoms with Gasteiger partial charge in [0, 0.05) is 21.8 Å². The Morgan fingerprint density at radius 2 is 2.05 bits per heavy atom. The number of rotatable bonds is 3. The van der Waals surface area contributed by atoms with Crippen LogP contribution in [0.15, 0.2) is 46.9 Å². The van der Waals surface area contributed by atoms with Crippen molar-refractivity contribution in [3.05, 3.63) is 52.5 Å². The molecule has 2 aromatic rings. The number of hydrogen-bond acceptors (Lipinski definition) is 3. The summed E-state index contributed by atoms with van der Waals surface area (Å²) >= 11 is 3.33. The summed E-state index contributed by atoms with van der Waals surface area (Å²) in [4.78, 5) is 12.1. The van der Waals surface area contributed by atoms with Crippen LogP contribution in [-0.2, 0) is 0 Å². The van der Waals surface area contributed by atoms with Crippen LogP contribution in [0.5, 0.6) is 5.75 Å². The molecule has 4 nitrogen and oxygen atoms in total. The van der Waals surface area contributed by atoms with E-state index in [0.29, 0.717) is 22.7 Å². The van der Waals surface area contributed by atoms with Crippen LogP contribution >= 0.6 is 15.9 Å². The van der Waals surface area contributed by atoms with E-state index in [-0.39, 0.29) is 5.91 Å². The number of hydrogen-bond donors (Lipinski definition) is 2. The van der Waals surface area contributed by atoms with E-state index in [1.165, 1.54) is 7.11 Å². The minimum Gasteiger partial charge on any atom is -0.494 e. The van der Waals surface area contributed by atoms with Crippen molar-refractivity contribution in [3.63, 3.8) is 0 Å². The highest BCUT2D eigenvalue weighted by Gasteiger charge is 2.10. The summed E-state index contributed by atoms with van der Waals surface area (Å²) in [5.41, 5.74) is 7.39. The second kappa shape index (κ2) is 5.75. The number of nitrogens with two attached hydrogens (primary N) is 1. The average molecular weight is 321 g/mol. The summed E-state index contributed by atoms with van der Waals surface area (Å²) in [6.07, 6.45) is 0. The van der Waals surface area contributed by atoms with Gasteiger partial charge in [0.05, 0.1) is 12.8 Å². The van der Waals surface area contributed by atoms with Gasteiger partial charge in [0.25, 0.3) is 5.91 Å². The number of amides is 1. The minimum absolute atomic E-state index is 0.204. The number of methoxy groups -OCH3 is 1. The van der Waals surface area contributed by atoms with Gasteiger partial charge in [-0.15, -0.1) is 0 Å². The first-order chi connectivity index (χ1) is 9.10. The molecule has 19 heavy (non-hydrogen) atoms. The van der Waals surface area contributed by atoms with Gasteiger partial charge in [-0.1, -0.05) is 22.0 Å². The first-order valence-corrected chi connectivity index (χ1v) is 6.40. The van der Waals surface area contributed by atoms with Crippen molar-refractivity contribution in [1.29, 1.82) is 0 Å². The van der Waals surface area contributed by atoms with Gasteiger partial charge < -0.3 is 15.8 Å². The molecule has 0 atom stereocenters. The average Bonchev–Trinajstić information content (AvgIpc) is 2.40. The van der Waals surface area contributed by atoms with Gasteiger partial charge in [-0.3, -0.25) is 4.79 Å². The molecular formula is C14H13BrN2O2. The van der Waals surface area contributed by atoms with Crippen molar-refractivity contribution < 1.29 is 9.53 Å². The zero-order chi connectivity index (χ0) is 13.8. The highest BCUT2D eigenvalue weighted by molar-refractivity contribution is 9.10. The maximum Gasteiger partial charge on any atom is 0.255 e. The normalized spacial score (nSPS) is 10.0. The van der Waals surface area contributed by atoms with Crippen molar-refractivity contribution in [2.75, 3.05) is 18.2 Å². The molecule has 3 N–H and O–H groups in total. The third kappa shape index (κ3) is 3.26. The molecule has 0 saturated heterocycles. The summed E-state index contributed by atoms with van der Waals surface area (Å²) in [7, 11) is 1.53. The predicted octanol–water partition coefficient (Wildman–Crippen LogP) is 3.29. The number of anilines is 2. The highest BCUT2D eigenvalue weighted by Crippen LogP contribution is 2.27. The summed E-state index contributed by atoms with van der Waals surface area (Å²) < 4.78 is 6.03. The SMILES string of the molecule is COc1cc(N)ccc1NC(=O)c1cccc(Br)c1. The molecule has 0 saturated carbocycles. The molecule has 0 radical (unpaired) electrons. The van der Waals surface area contributed by atoms with Crippen LogP contribution < -0.4 is 15.8 Å². The van der Waals surface area contributed by atoms with Crippen molar-refractivity contribution in [2.24, 2.45) is 0 Å². The Hall–Kier alpha value is -2.01. The molecule has 5 heteroatoms. The Morgan fingerprint density at radius 1 is 1.26 bits per heavy atom. The third-order valence-electron chi connectivity index (χ3n) is 2.56. The number of carbonyl (C=O) groups excluding carboxylic acids is 1. The smallest absolute Gasteiger partial charge is 0.255 e. The molecule has 98 valence electrons. The van der Waals surface area contributed by atoms with E-state index in [4.69, 9.17) is 10.5 Å². The molecular weight excluding hydrogens is 308 g/mol. The van der Waals surface area contributed by atoms with Gasteiger partial charge >= 0.3 is 0 Å². The molecule has 0 bridgehead atoms. The number of carbonyl (C=O) groups is 1. The maximum atomic E-state index is 12.1. The minimum atomic E-state index is -0.204. The standard InChI is InChI=1S/C14H13BrN2O2/c1-19-13-8-11(16)5-6-12(13)17-14(18)9-3-2-4-10(15)7-9/h2-8H,16H2,1H3,(H,17,18). The monoisotopic (exact) mass is 320 g/mol. The van der Waals surface area contributed by atoms with Gasteiger partial charge in [-0.2, -0.15) is 0 Å². The van der Waals surface area contributed by atoms with E-state index in [0.717, 1.165) is 4.47 Å². The van der Waals surface area contributed by atoms with E-state index in [9.17, 15) is 4.79 Å². The molecule has 0 aliphatic rings. The zero-order valence-electron chi connectivity index (χ0n) is 10.3. The molecule has 1 amide bonds. The van der Waals surface area contributed by atoms with Crippen molar-refractivity contribution in [2.45, 2.75) is 0 Å². The number of benzene rings is 2. The van der Waals surface area contributed by atoms with E-state index in [1.807, 2.05) is 6.07 Å². The van der Waals surface area contributed by atoms with Crippen LogP contribution in [0.3, 0.4) is 0 Å². The lowest BCUT2D eigenvalue weighted by Gasteiger charge is -2.11. The second-order valence-corrected chi connectivity index (χ2v) is 4.84. The van der Waals surface area contributed by atoms with E-state index in [1.54, 1.807) is 36.4 Å². The Morgan fingerprint density at radius 3 is 2.74 bits per heavy atom. The number of ether oxygens (including phenoxy) is 1. The third-order valence-corrected chi connectivity index (χ3v) is 3.05. The summed E-state index contributed by atoms with van der Waals surface area (Å²) in [6, 6.07) is 12.2. The molecule has 0 aliphatic carbocycles. The van der Waals surface area contributed by atoms with Gasteiger partial charge in [0.2, 0.25) is 0 Å². The molecule has 0 aromatic heterocycles. The van der Waals surface area contributed by atoms with Gasteiger partial charge in [0.1, 0.15) is 5.75 Å². The van der Waals surface area contributed by atoms with Crippen LogP contribution in [0, 0.1) is 0 Å². The molecule has 2 aromatic carbocycles. The molecule has 0 heterocycles. The highest BCUT2D eigenvalue weighted by atomic mass is 79.9. The van der Waals surface area contributed by atoms with Crippen LogP contribution in [0.1, 0.15) is 10.4 Å². The molecule has 0 unspecified atom stereocenters. The van der Waals surface area contributed by atoms with E-state index in [2.05, 4.69) is 21.2 Å². The van der Waals surface area contributed by atoms with Crippen LogP contribution in [0.2, 0.25) is 0 Å². The molecule has 0 fully saturated rings. The van der Waals surface area contributed by atoms with E-state index >= 15 is 0 Å². The fourth-order valence-electron chi connectivity index (χ4n) is 1.64. The van der Waals surface area contributed by atoms with Crippen molar-refractivity contribution in [3.8, 4) is 5.75 Å². The van der Waals surface area contributed by atoms with Gasteiger partial charge in [0.15, 0.2) is 0 Å². The summed E-state index contributed by atoms with van der Waals surface area (Å²) in [5.74, 6) is 0.327. The Bertz CT molecular complexity index is 614. The number of nitrogen functional groups attached to an aromatic ring is 1. The van der Waals surface area contributed by atoms with Crippen LogP contribution in [0.4, 0.5) is 11.4 Å². The predicted molar refractivity (Wildman–Crippen MR) is 79.5 cm³/mol. The lowest BCUT2D eigenvalue weighted by atomic mass is 10.2. The van der Waals surface area contributed by atoms with Gasteiger partial charge in [-0.05, 0) is 30.3 Å². The Kier molecular flexibility index (Phi) is 4.06. The number of halogens is 1. The maximum absolute atomic E-state index is 12.1. The fraction of sp³-hybridized carbons (Fsp3) is 0.0714.